The average molecular weight is 256 g/mol. The van der Waals surface area contributed by atoms with Crippen molar-refractivity contribution in [2.24, 2.45) is 0 Å². The molecule has 0 spiro atoms. The van der Waals surface area contributed by atoms with E-state index in [1.165, 1.54) is 16.7 Å². The van der Waals surface area contributed by atoms with Crippen molar-refractivity contribution in [2.75, 3.05) is 0 Å². The fourth-order valence-corrected chi connectivity index (χ4v) is 2.93. The van der Waals surface area contributed by atoms with Crippen molar-refractivity contribution in [3.8, 4) is 11.3 Å². The van der Waals surface area contributed by atoms with Crippen LogP contribution in [0.15, 0.2) is 29.6 Å². The molecule has 0 aliphatic heterocycles. The van der Waals surface area contributed by atoms with Gasteiger partial charge in [-0.05, 0) is 13.0 Å². The lowest BCUT2D eigenvalue weighted by molar-refractivity contribution is -0.107. The molecule has 3 aromatic rings. The van der Waals surface area contributed by atoms with Gasteiger partial charge in [-0.2, -0.15) is 0 Å². The van der Waals surface area contributed by atoms with Crippen LogP contribution >= 0.6 is 11.3 Å². The molecule has 3 rings (SSSR count). The van der Waals surface area contributed by atoms with Crippen LogP contribution in [0.1, 0.15) is 10.7 Å². The van der Waals surface area contributed by atoms with Crippen LogP contribution in [0.3, 0.4) is 0 Å². The number of benzene rings is 1. The first-order chi connectivity index (χ1) is 8.79. The first kappa shape index (κ1) is 11.2. The predicted molar refractivity (Wildman–Crippen MR) is 73.9 cm³/mol. The molecule has 1 N–H and O–H groups in total. The Bertz CT molecular complexity index is 711. The maximum Gasteiger partial charge on any atom is 0.126 e. The summed E-state index contributed by atoms with van der Waals surface area (Å²) in [7, 11) is 0. The Hall–Kier alpha value is -1.94. The fourth-order valence-electron chi connectivity index (χ4n) is 2.20. The molecular formula is C14H12N2OS. The second-order valence-corrected chi connectivity index (χ2v) is 5.11. The highest BCUT2D eigenvalue weighted by Crippen LogP contribution is 2.32. The molecule has 1 aromatic carbocycles. The maximum atomic E-state index is 10.5. The highest BCUT2D eigenvalue weighted by molar-refractivity contribution is 7.10. The number of hydrogen-bond acceptors (Lipinski definition) is 3. The third-order valence-corrected chi connectivity index (χ3v) is 3.83. The van der Waals surface area contributed by atoms with Gasteiger partial charge in [0, 0.05) is 27.5 Å². The summed E-state index contributed by atoms with van der Waals surface area (Å²) >= 11 is 1.53. The Morgan fingerprint density at radius 2 is 2.22 bits per heavy atom. The average Bonchev–Trinajstić information content (AvgIpc) is 2.92. The summed E-state index contributed by atoms with van der Waals surface area (Å²) in [6.45, 7) is 2.05. The van der Waals surface area contributed by atoms with Gasteiger partial charge >= 0.3 is 0 Å². The lowest BCUT2D eigenvalue weighted by Crippen LogP contribution is -1.85. The molecule has 18 heavy (non-hydrogen) atoms. The van der Waals surface area contributed by atoms with Crippen molar-refractivity contribution < 1.29 is 4.79 Å². The molecule has 0 atom stereocenters. The number of aromatic nitrogens is 2. The molecule has 3 nitrogen and oxygen atoms in total. The summed E-state index contributed by atoms with van der Waals surface area (Å²) in [5, 5.41) is 4.06. The van der Waals surface area contributed by atoms with E-state index in [1.54, 1.807) is 0 Å². The number of carbonyl (C=O) groups excluding carboxylic acids is 1. The number of thiazole rings is 1. The summed E-state index contributed by atoms with van der Waals surface area (Å²) in [5.74, 6) is 0. The molecule has 0 radical (unpaired) electrons. The molecule has 0 saturated heterocycles. The van der Waals surface area contributed by atoms with Crippen LogP contribution in [0.2, 0.25) is 0 Å². The normalized spacial score (nSPS) is 10.9. The van der Waals surface area contributed by atoms with E-state index in [4.69, 9.17) is 0 Å². The smallest absolute Gasteiger partial charge is 0.126 e. The number of nitrogens with zero attached hydrogens (tertiary/aromatic N) is 1. The lowest BCUT2D eigenvalue weighted by atomic mass is 10.1. The van der Waals surface area contributed by atoms with Gasteiger partial charge in [0.2, 0.25) is 0 Å². The number of para-hydroxylation sites is 1. The molecule has 0 bridgehead atoms. The second kappa shape index (κ2) is 4.38. The lowest BCUT2D eigenvalue weighted by Gasteiger charge is -1.96. The minimum atomic E-state index is 0.395. The van der Waals surface area contributed by atoms with Crippen LogP contribution in [-0.4, -0.2) is 16.3 Å². The molecule has 4 heteroatoms. The molecule has 0 saturated carbocycles. The van der Waals surface area contributed by atoms with E-state index in [-0.39, 0.29) is 0 Å². The highest BCUT2D eigenvalue weighted by atomic mass is 32.1. The molecule has 0 fully saturated rings. The molecule has 90 valence electrons. The number of nitrogens with one attached hydrogen (secondary N) is 1. The van der Waals surface area contributed by atoms with Gasteiger partial charge in [0.1, 0.15) is 11.3 Å². The SMILES string of the molecule is Cc1[nH]c2ccccc2c1-c1csc(CC=O)n1. The van der Waals surface area contributed by atoms with E-state index >= 15 is 0 Å². The molecule has 0 aliphatic carbocycles. The van der Waals surface area contributed by atoms with Crippen LogP contribution in [0, 0.1) is 6.92 Å². The van der Waals surface area contributed by atoms with E-state index in [9.17, 15) is 4.79 Å². The summed E-state index contributed by atoms with van der Waals surface area (Å²) in [5.41, 5.74) is 4.32. The zero-order valence-corrected chi connectivity index (χ0v) is 10.8. The van der Waals surface area contributed by atoms with Gasteiger partial charge in [-0.15, -0.1) is 11.3 Å². The Kier molecular flexibility index (Phi) is 2.72. The Morgan fingerprint density at radius 1 is 1.39 bits per heavy atom. The number of aryl methyl sites for hydroxylation is 1. The van der Waals surface area contributed by atoms with E-state index < -0.39 is 0 Å². The van der Waals surface area contributed by atoms with E-state index in [1.807, 2.05) is 24.4 Å². The van der Waals surface area contributed by atoms with Crippen molar-refractivity contribution in [3.63, 3.8) is 0 Å². The van der Waals surface area contributed by atoms with Crippen LogP contribution < -0.4 is 0 Å². The minimum Gasteiger partial charge on any atom is -0.358 e. The quantitative estimate of drug-likeness (QED) is 0.730. The van der Waals surface area contributed by atoms with Gasteiger partial charge in [0.15, 0.2) is 0 Å². The molecular weight excluding hydrogens is 244 g/mol. The summed E-state index contributed by atoms with van der Waals surface area (Å²) in [6, 6.07) is 8.19. The van der Waals surface area contributed by atoms with Gasteiger partial charge in [-0.1, -0.05) is 18.2 Å². The van der Waals surface area contributed by atoms with Crippen LogP contribution in [0.5, 0.6) is 0 Å². The van der Waals surface area contributed by atoms with Gasteiger partial charge < -0.3 is 9.78 Å². The van der Waals surface area contributed by atoms with Crippen LogP contribution in [-0.2, 0) is 11.2 Å². The number of hydrogen-bond donors (Lipinski definition) is 1. The number of aldehydes is 1. The molecule has 2 aromatic heterocycles. The number of carbonyl (C=O) groups is 1. The van der Waals surface area contributed by atoms with Gasteiger partial charge in [-0.3, -0.25) is 0 Å². The van der Waals surface area contributed by atoms with Crippen molar-refractivity contribution in [3.05, 3.63) is 40.3 Å². The fraction of sp³-hybridized carbons (Fsp3) is 0.143. The minimum absolute atomic E-state index is 0.395. The zero-order valence-electron chi connectivity index (χ0n) is 9.93. The third-order valence-electron chi connectivity index (χ3n) is 2.96. The van der Waals surface area contributed by atoms with E-state index in [0.717, 1.165) is 33.8 Å². The molecule has 0 amide bonds. The topological polar surface area (TPSA) is 45.8 Å². The van der Waals surface area contributed by atoms with Gasteiger partial charge in [-0.25, -0.2) is 4.98 Å². The monoisotopic (exact) mass is 256 g/mol. The van der Waals surface area contributed by atoms with Crippen molar-refractivity contribution >= 4 is 28.5 Å². The third kappa shape index (κ3) is 1.75. The largest absolute Gasteiger partial charge is 0.358 e. The van der Waals surface area contributed by atoms with Crippen molar-refractivity contribution in [1.82, 2.24) is 9.97 Å². The standard InChI is InChI=1S/C14H12N2OS/c1-9-14(10-4-2-3-5-11(10)15-9)12-8-18-13(16-12)6-7-17/h2-5,7-8,15H,6H2,1H3. The highest BCUT2D eigenvalue weighted by Gasteiger charge is 2.12. The van der Waals surface area contributed by atoms with E-state index in [0.29, 0.717) is 6.42 Å². The van der Waals surface area contributed by atoms with Crippen LogP contribution in [0.25, 0.3) is 22.2 Å². The summed E-state index contributed by atoms with van der Waals surface area (Å²) < 4.78 is 0. The molecule has 2 heterocycles. The first-order valence-electron chi connectivity index (χ1n) is 5.75. The zero-order chi connectivity index (χ0) is 12.5. The number of rotatable bonds is 3. The Labute approximate surface area is 108 Å². The second-order valence-electron chi connectivity index (χ2n) is 4.17. The Balaban J connectivity index is 2.17. The number of H-pyrrole nitrogens is 1. The van der Waals surface area contributed by atoms with Crippen molar-refractivity contribution in [2.45, 2.75) is 13.3 Å². The maximum absolute atomic E-state index is 10.5. The molecule has 0 aliphatic rings. The molecule has 0 unspecified atom stereocenters. The number of aromatic amines is 1. The number of fused-ring (bicyclic) bond motifs is 1. The summed E-state index contributed by atoms with van der Waals surface area (Å²) in [4.78, 5) is 18.4. The predicted octanol–water partition coefficient (Wildman–Crippen LogP) is 3.34. The van der Waals surface area contributed by atoms with Gasteiger partial charge in [0.25, 0.3) is 0 Å². The Morgan fingerprint density at radius 3 is 3.06 bits per heavy atom. The summed E-state index contributed by atoms with van der Waals surface area (Å²) in [6.07, 6.45) is 1.29. The van der Waals surface area contributed by atoms with Gasteiger partial charge in [0.05, 0.1) is 12.1 Å². The van der Waals surface area contributed by atoms with E-state index in [2.05, 4.69) is 22.1 Å². The first-order valence-corrected chi connectivity index (χ1v) is 6.63. The van der Waals surface area contributed by atoms with Crippen LogP contribution in [0.4, 0.5) is 0 Å². The van der Waals surface area contributed by atoms with Crippen molar-refractivity contribution in [1.29, 1.82) is 0 Å².